The first-order valence-corrected chi connectivity index (χ1v) is 6.86. The lowest BCUT2D eigenvalue weighted by Crippen LogP contribution is -2.27. The standard InChI is InChI=1S/C12H16N4S/c1-3-13-5-7-16(6-1)9-12-15-10-8-14-4-2-11(10)17-12/h2,4,8,13H,1,3,5-7,9H2. The zero-order chi connectivity index (χ0) is 11.5. The highest BCUT2D eigenvalue weighted by Crippen LogP contribution is 2.21. The Balaban J connectivity index is 1.75. The Morgan fingerprint density at radius 2 is 2.35 bits per heavy atom. The molecule has 0 aliphatic carbocycles. The van der Waals surface area contributed by atoms with Crippen LogP contribution in [0, 0.1) is 0 Å². The van der Waals surface area contributed by atoms with Crippen LogP contribution in [0.4, 0.5) is 0 Å². The number of thiazole rings is 1. The Morgan fingerprint density at radius 1 is 1.35 bits per heavy atom. The largest absolute Gasteiger partial charge is 0.315 e. The van der Waals surface area contributed by atoms with Gasteiger partial charge < -0.3 is 5.32 Å². The lowest BCUT2D eigenvalue weighted by molar-refractivity contribution is 0.284. The summed E-state index contributed by atoms with van der Waals surface area (Å²) in [6, 6.07) is 2.04. The third-order valence-electron chi connectivity index (χ3n) is 3.03. The van der Waals surface area contributed by atoms with E-state index in [9.17, 15) is 0 Å². The smallest absolute Gasteiger partial charge is 0.108 e. The molecule has 90 valence electrons. The summed E-state index contributed by atoms with van der Waals surface area (Å²) < 4.78 is 1.24. The number of hydrogen-bond acceptors (Lipinski definition) is 5. The average molecular weight is 248 g/mol. The van der Waals surface area contributed by atoms with Crippen LogP contribution in [0.25, 0.3) is 10.2 Å². The molecule has 0 bridgehead atoms. The quantitative estimate of drug-likeness (QED) is 0.874. The van der Waals surface area contributed by atoms with Crippen LogP contribution in [0.2, 0.25) is 0 Å². The summed E-state index contributed by atoms with van der Waals surface area (Å²) in [4.78, 5) is 11.2. The fourth-order valence-electron chi connectivity index (χ4n) is 2.15. The van der Waals surface area contributed by atoms with Crippen molar-refractivity contribution in [2.75, 3.05) is 26.2 Å². The van der Waals surface area contributed by atoms with Crippen LogP contribution in [0.15, 0.2) is 18.5 Å². The first-order valence-electron chi connectivity index (χ1n) is 6.04. The van der Waals surface area contributed by atoms with Gasteiger partial charge in [0.1, 0.15) is 5.01 Å². The Kier molecular flexibility index (Phi) is 3.31. The SMILES string of the molecule is c1cc2sc(CN3CCCNCC3)nc2cn1. The molecule has 0 spiro atoms. The zero-order valence-electron chi connectivity index (χ0n) is 9.72. The molecule has 0 radical (unpaired) electrons. The molecule has 0 amide bonds. The van der Waals surface area contributed by atoms with Crippen molar-refractivity contribution < 1.29 is 0 Å². The summed E-state index contributed by atoms with van der Waals surface area (Å²) in [5.41, 5.74) is 1.03. The van der Waals surface area contributed by atoms with E-state index in [1.54, 1.807) is 11.3 Å². The molecule has 0 aromatic carbocycles. The molecular weight excluding hydrogens is 232 g/mol. The predicted octanol–water partition coefficient (Wildman–Crippen LogP) is 1.49. The summed E-state index contributed by atoms with van der Waals surface area (Å²) in [5, 5.41) is 4.62. The van der Waals surface area contributed by atoms with Gasteiger partial charge >= 0.3 is 0 Å². The molecule has 4 nitrogen and oxygen atoms in total. The monoisotopic (exact) mass is 248 g/mol. The first-order chi connectivity index (χ1) is 8.42. The van der Waals surface area contributed by atoms with Crippen molar-refractivity contribution in [3.05, 3.63) is 23.5 Å². The lowest BCUT2D eigenvalue weighted by atomic mass is 10.4. The van der Waals surface area contributed by atoms with Crippen LogP contribution >= 0.6 is 11.3 Å². The van der Waals surface area contributed by atoms with E-state index < -0.39 is 0 Å². The third-order valence-corrected chi connectivity index (χ3v) is 4.05. The summed E-state index contributed by atoms with van der Waals surface area (Å²) in [5.74, 6) is 0. The molecule has 1 aliphatic rings. The van der Waals surface area contributed by atoms with E-state index in [0.29, 0.717) is 0 Å². The van der Waals surface area contributed by atoms with Crippen molar-refractivity contribution in [1.82, 2.24) is 20.2 Å². The summed E-state index contributed by atoms with van der Waals surface area (Å²) in [6.07, 6.45) is 4.91. The van der Waals surface area contributed by atoms with Gasteiger partial charge in [0.05, 0.1) is 23.0 Å². The molecule has 1 N–H and O–H groups in total. The number of nitrogens with one attached hydrogen (secondary N) is 1. The van der Waals surface area contributed by atoms with Gasteiger partial charge in [0.15, 0.2) is 0 Å². The van der Waals surface area contributed by atoms with Gasteiger partial charge in [-0.05, 0) is 25.6 Å². The maximum Gasteiger partial charge on any atom is 0.108 e. The second-order valence-corrected chi connectivity index (χ2v) is 5.45. The summed E-state index contributed by atoms with van der Waals surface area (Å²) in [7, 11) is 0. The molecular formula is C12H16N4S. The molecule has 17 heavy (non-hydrogen) atoms. The molecule has 1 fully saturated rings. The van der Waals surface area contributed by atoms with Crippen molar-refractivity contribution in [2.24, 2.45) is 0 Å². The van der Waals surface area contributed by atoms with Gasteiger partial charge in [0.25, 0.3) is 0 Å². The topological polar surface area (TPSA) is 41.0 Å². The Labute approximate surface area is 105 Å². The first kappa shape index (κ1) is 11.1. The number of pyridine rings is 1. The van der Waals surface area contributed by atoms with E-state index in [-0.39, 0.29) is 0 Å². The third kappa shape index (κ3) is 2.62. The Morgan fingerprint density at radius 3 is 3.29 bits per heavy atom. The number of rotatable bonds is 2. The number of nitrogens with zero attached hydrogens (tertiary/aromatic N) is 3. The number of fused-ring (bicyclic) bond motifs is 1. The minimum Gasteiger partial charge on any atom is -0.315 e. The van der Waals surface area contributed by atoms with E-state index in [4.69, 9.17) is 0 Å². The molecule has 1 aliphatic heterocycles. The summed E-state index contributed by atoms with van der Waals surface area (Å²) >= 11 is 1.78. The van der Waals surface area contributed by atoms with E-state index in [2.05, 4.69) is 20.2 Å². The molecule has 1 saturated heterocycles. The van der Waals surface area contributed by atoms with Crippen LogP contribution < -0.4 is 5.32 Å². The van der Waals surface area contributed by atoms with Crippen molar-refractivity contribution in [3.63, 3.8) is 0 Å². The predicted molar refractivity (Wildman–Crippen MR) is 70.2 cm³/mol. The fraction of sp³-hybridized carbons (Fsp3) is 0.500. The molecule has 3 heterocycles. The Bertz CT molecular complexity index is 455. The molecule has 2 aromatic heterocycles. The molecule has 0 saturated carbocycles. The van der Waals surface area contributed by atoms with E-state index in [1.807, 2.05) is 18.5 Å². The van der Waals surface area contributed by atoms with E-state index >= 15 is 0 Å². The molecule has 2 aromatic rings. The van der Waals surface area contributed by atoms with Crippen LogP contribution in [0.1, 0.15) is 11.4 Å². The van der Waals surface area contributed by atoms with Gasteiger partial charge in [-0.1, -0.05) is 0 Å². The number of hydrogen-bond donors (Lipinski definition) is 1. The Hall–Kier alpha value is -1.04. The highest BCUT2D eigenvalue weighted by molar-refractivity contribution is 7.18. The van der Waals surface area contributed by atoms with Crippen LogP contribution in [0.5, 0.6) is 0 Å². The van der Waals surface area contributed by atoms with Crippen LogP contribution in [0.3, 0.4) is 0 Å². The van der Waals surface area contributed by atoms with Gasteiger partial charge in [-0.2, -0.15) is 0 Å². The van der Waals surface area contributed by atoms with Gasteiger partial charge in [0, 0.05) is 19.3 Å². The highest BCUT2D eigenvalue weighted by Gasteiger charge is 2.11. The number of aromatic nitrogens is 2. The average Bonchev–Trinajstić information content (AvgIpc) is 2.57. The van der Waals surface area contributed by atoms with Crippen LogP contribution in [-0.4, -0.2) is 41.0 Å². The highest BCUT2D eigenvalue weighted by atomic mass is 32.1. The van der Waals surface area contributed by atoms with Gasteiger partial charge in [0.2, 0.25) is 0 Å². The van der Waals surface area contributed by atoms with E-state index in [0.717, 1.165) is 31.7 Å². The lowest BCUT2D eigenvalue weighted by Gasteiger charge is -2.17. The van der Waals surface area contributed by atoms with Crippen molar-refractivity contribution in [1.29, 1.82) is 0 Å². The van der Waals surface area contributed by atoms with Crippen molar-refractivity contribution >= 4 is 21.6 Å². The maximum absolute atomic E-state index is 4.63. The fourth-order valence-corrected chi connectivity index (χ4v) is 3.12. The second kappa shape index (κ2) is 5.08. The zero-order valence-corrected chi connectivity index (χ0v) is 10.5. The second-order valence-electron chi connectivity index (χ2n) is 4.33. The molecule has 0 atom stereocenters. The summed E-state index contributed by atoms with van der Waals surface area (Å²) in [6.45, 7) is 5.49. The van der Waals surface area contributed by atoms with Crippen molar-refractivity contribution in [3.8, 4) is 0 Å². The van der Waals surface area contributed by atoms with Gasteiger partial charge in [-0.3, -0.25) is 9.88 Å². The minimum atomic E-state index is 0.973. The normalized spacial score (nSPS) is 18.4. The van der Waals surface area contributed by atoms with Crippen molar-refractivity contribution in [2.45, 2.75) is 13.0 Å². The van der Waals surface area contributed by atoms with Crippen LogP contribution in [-0.2, 0) is 6.54 Å². The van der Waals surface area contributed by atoms with E-state index in [1.165, 1.54) is 22.7 Å². The maximum atomic E-state index is 4.63. The molecule has 5 heteroatoms. The molecule has 3 rings (SSSR count). The van der Waals surface area contributed by atoms with Gasteiger partial charge in [-0.25, -0.2) is 4.98 Å². The molecule has 0 unspecified atom stereocenters. The van der Waals surface area contributed by atoms with Gasteiger partial charge in [-0.15, -0.1) is 11.3 Å². The minimum absolute atomic E-state index is 0.973.